The van der Waals surface area contributed by atoms with E-state index in [1.54, 1.807) is 12.2 Å². The van der Waals surface area contributed by atoms with Crippen molar-refractivity contribution in [3.8, 4) is 0 Å². The highest BCUT2D eigenvalue weighted by atomic mass is 79.9. The number of benzene rings is 1. The van der Waals surface area contributed by atoms with E-state index in [0.29, 0.717) is 18.2 Å². The molecule has 0 saturated heterocycles. The van der Waals surface area contributed by atoms with E-state index in [4.69, 9.17) is 0 Å². The third kappa shape index (κ3) is 2.53. The highest BCUT2D eigenvalue weighted by molar-refractivity contribution is 9.09. The SMILES string of the molecule is O=[N+]([O-])C1(CCBr)C=CC=C(c2ccccc2)C1. The first-order valence-electron chi connectivity index (χ1n) is 5.82. The van der Waals surface area contributed by atoms with Crippen LogP contribution in [-0.4, -0.2) is 15.8 Å². The van der Waals surface area contributed by atoms with Crippen LogP contribution >= 0.6 is 15.9 Å². The second-order valence-corrected chi connectivity index (χ2v) is 5.19. The standard InChI is InChI=1S/C14H14BrNO2/c15-10-9-14(16(17)18)8-4-7-13(11-14)12-5-2-1-3-6-12/h1-8H,9-11H2. The molecule has 1 unspecified atom stereocenters. The van der Waals surface area contributed by atoms with Gasteiger partial charge in [-0.2, -0.15) is 0 Å². The van der Waals surface area contributed by atoms with Crippen LogP contribution in [0.3, 0.4) is 0 Å². The highest BCUT2D eigenvalue weighted by Crippen LogP contribution is 2.34. The summed E-state index contributed by atoms with van der Waals surface area (Å²) < 4.78 is 0. The Kier molecular flexibility index (Phi) is 3.97. The fourth-order valence-corrected chi connectivity index (χ4v) is 2.88. The summed E-state index contributed by atoms with van der Waals surface area (Å²) in [4.78, 5) is 11.2. The predicted octanol–water partition coefficient (Wildman–Crippen LogP) is 3.83. The molecule has 1 atom stereocenters. The van der Waals surface area contributed by atoms with Gasteiger partial charge in [0, 0.05) is 23.1 Å². The average molecular weight is 308 g/mol. The molecule has 1 aliphatic carbocycles. The quantitative estimate of drug-likeness (QED) is 0.482. The Morgan fingerprint density at radius 3 is 2.67 bits per heavy atom. The molecule has 94 valence electrons. The lowest BCUT2D eigenvalue weighted by atomic mass is 9.82. The molecule has 0 radical (unpaired) electrons. The summed E-state index contributed by atoms with van der Waals surface area (Å²) in [5.41, 5.74) is 1.11. The van der Waals surface area contributed by atoms with Crippen molar-refractivity contribution >= 4 is 21.5 Å². The molecule has 0 heterocycles. The molecule has 0 fully saturated rings. The van der Waals surface area contributed by atoms with Crippen molar-refractivity contribution in [1.82, 2.24) is 0 Å². The van der Waals surface area contributed by atoms with Crippen molar-refractivity contribution in [3.05, 3.63) is 64.2 Å². The number of nitrogens with zero attached hydrogens (tertiary/aromatic N) is 1. The van der Waals surface area contributed by atoms with Crippen LogP contribution in [0.1, 0.15) is 18.4 Å². The van der Waals surface area contributed by atoms with Crippen LogP contribution in [0.25, 0.3) is 5.57 Å². The minimum atomic E-state index is -0.969. The van der Waals surface area contributed by atoms with Crippen molar-refractivity contribution in [1.29, 1.82) is 0 Å². The van der Waals surface area contributed by atoms with Gasteiger partial charge in [-0.25, -0.2) is 0 Å². The lowest BCUT2D eigenvalue weighted by Crippen LogP contribution is -2.38. The fraction of sp³-hybridized carbons (Fsp3) is 0.286. The molecule has 0 aromatic heterocycles. The van der Waals surface area contributed by atoms with E-state index in [0.717, 1.165) is 11.1 Å². The molecule has 0 spiro atoms. The summed E-state index contributed by atoms with van der Waals surface area (Å²) >= 11 is 3.31. The van der Waals surface area contributed by atoms with Crippen LogP contribution in [-0.2, 0) is 0 Å². The Labute approximate surface area is 114 Å². The van der Waals surface area contributed by atoms with E-state index in [1.807, 2.05) is 36.4 Å². The van der Waals surface area contributed by atoms with Gasteiger partial charge in [-0.1, -0.05) is 58.4 Å². The van der Waals surface area contributed by atoms with Gasteiger partial charge in [0.05, 0.1) is 0 Å². The number of allylic oxidation sites excluding steroid dienone is 2. The van der Waals surface area contributed by atoms with Crippen molar-refractivity contribution in [2.75, 3.05) is 5.33 Å². The van der Waals surface area contributed by atoms with Gasteiger partial charge in [0.1, 0.15) is 0 Å². The average Bonchev–Trinajstić information content (AvgIpc) is 2.40. The van der Waals surface area contributed by atoms with Gasteiger partial charge in [0.15, 0.2) is 0 Å². The van der Waals surface area contributed by atoms with Crippen molar-refractivity contribution in [3.63, 3.8) is 0 Å². The van der Waals surface area contributed by atoms with Gasteiger partial charge < -0.3 is 0 Å². The normalized spacial score (nSPS) is 22.6. The van der Waals surface area contributed by atoms with Crippen molar-refractivity contribution < 1.29 is 4.92 Å². The number of alkyl halides is 1. The van der Waals surface area contributed by atoms with Gasteiger partial charge in [0.2, 0.25) is 5.54 Å². The molecule has 4 heteroatoms. The smallest absolute Gasteiger partial charge is 0.245 e. The fourth-order valence-electron chi connectivity index (χ4n) is 2.19. The molecule has 3 nitrogen and oxygen atoms in total. The molecule has 1 aliphatic rings. The number of hydrogen-bond acceptors (Lipinski definition) is 2. The molecule has 0 N–H and O–H groups in total. The summed E-state index contributed by atoms with van der Waals surface area (Å²) in [6.07, 6.45) is 6.43. The summed E-state index contributed by atoms with van der Waals surface area (Å²) in [6, 6.07) is 9.83. The maximum Gasteiger partial charge on any atom is 0.245 e. The van der Waals surface area contributed by atoms with Gasteiger partial charge >= 0.3 is 0 Å². The Balaban J connectivity index is 2.30. The van der Waals surface area contributed by atoms with E-state index in [9.17, 15) is 10.1 Å². The minimum absolute atomic E-state index is 0.166. The highest BCUT2D eigenvalue weighted by Gasteiger charge is 2.41. The van der Waals surface area contributed by atoms with Gasteiger partial charge in [-0.15, -0.1) is 0 Å². The lowest BCUT2D eigenvalue weighted by Gasteiger charge is -2.25. The van der Waals surface area contributed by atoms with Gasteiger partial charge in [-0.05, 0) is 17.2 Å². The van der Waals surface area contributed by atoms with Crippen LogP contribution in [0.5, 0.6) is 0 Å². The Hall–Kier alpha value is -1.42. The summed E-state index contributed by atoms with van der Waals surface area (Å²) in [7, 11) is 0. The number of halogens is 1. The van der Waals surface area contributed by atoms with Crippen LogP contribution in [0.4, 0.5) is 0 Å². The summed E-state index contributed by atoms with van der Waals surface area (Å²) in [6.45, 7) is 0. The molecule has 2 rings (SSSR count). The Bertz CT molecular complexity index is 496. The van der Waals surface area contributed by atoms with Gasteiger partial charge in [-0.3, -0.25) is 10.1 Å². The van der Waals surface area contributed by atoms with E-state index in [1.165, 1.54) is 0 Å². The minimum Gasteiger partial charge on any atom is -0.264 e. The summed E-state index contributed by atoms with van der Waals surface area (Å²) in [5, 5.41) is 12.0. The van der Waals surface area contributed by atoms with E-state index >= 15 is 0 Å². The van der Waals surface area contributed by atoms with E-state index < -0.39 is 5.54 Å². The molecule has 1 aromatic carbocycles. The largest absolute Gasteiger partial charge is 0.264 e. The van der Waals surface area contributed by atoms with Crippen LogP contribution in [0.2, 0.25) is 0 Å². The maximum absolute atomic E-state index is 11.3. The zero-order chi connectivity index (χ0) is 13.0. The zero-order valence-electron chi connectivity index (χ0n) is 9.88. The molecule has 1 aromatic rings. The molecular formula is C14H14BrNO2. The maximum atomic E-state index is 11.3. The first kappa shape index (κ1) is 13.0. The molecule has 0 aliphatic heterocycles. The topological polar surface area (TPSA) is 43.1 Å². The molecular weight excluding hydrogens is 294 g/mol. The monoisotopic (exact) mass is 307 g/mol. The Morgan fingerprint density at radius 2 is 2.06 bits per heavy atom. The van der Waals surface area contributed by atoms with Crippen LogP contribution in [0, 0.1) is 10.1 Å². The van der Waals surface area contributed by atoms with E-state index in [-0.39, 0.29) is 4.92 Å². The summed E-state index contributed by atoms with van der Waals surface area (Å²) in [5.74, 6) is 0. The third-order valence-electron chi connectivity index (χ3n) is 3.24. The molecule has 0 bridgehead atoms. The number of nitro groups is 1. The zero-order valence-corrected chi connectivity index (χ0v) is 11.5. The molecule has 0 amide bonds. The third-order valence-corrected chi connectivity index (χ3v) is 3.63. The Morgan fingerprint density at radius 1 is 1.33 bits per heavy atom. The number of rotatable bonds is 4. The predicted molar refractivity (Wildman–Crippen MR) is 76.3 cm³/mol. The number of hydrogen-bond donors (Lipinski definition) is 0. The lowest BCUT2D eigenvalue weighted by molar-refractivity contribution is -0.554. The molecule has 0 saturated carbocycles. The van der Waals surface area contributed by atoms with Gasteiger partial charge in [0.25, 0.3) is 0 Å². The van der Waals surface area contributed by atoms with Crippen LogP contribution in [0.15, 0.2) is 48.6 Å². The second-order valence-electron chi connectivity index (χ2n) is 4.39. The van der Waals surface area contributed by atoms with Crippen molar-refractivity contribution in [2.45, 2.75) is 18.4 Å². The van der Waals surface area contributed by atoms with Crippen LogP contribution < -0.4 is 0 Å². The van der Waals surface area contributed by atoms with E-state index in [2.05, 4.69) is 15.9 Å². The van der Waals surface area contributed by atoms with Crippen molar-refractivity contribution in [2.24, 2.45) is 0 Å². The first-order valence-corrected chi connectivity index (χ1v) is 6.94. The first-order chi connectivity index (χ1) is 8.68. The molecule has 18 heavy (non-hydrogen) atoms. The second kappa shape index (κ2) is 5.48.